The molecule has 0 N–H and O–H groups in total. The van der Waals surface area contributed by atoms with Crippen molar-refractivity contribution in [3.63, 3.8) is 0 Å². The van der Waals surface area contributed by atoms with Crippen molar-refractivity contribution in [1.82, 2.24) is 4.90 Å². The fourth-order valence-electron chi connectivity index (χ4n) is 2.02. The van der Waals surface area contributed by atoms with Crippen LogP contribution in [0.25, 0.3) is 0 Å². The Kier molecular flexibility index (Phi) is 5.68. The fourth-order valence-corrected chi connectivity index (χ4v) is 2.39. The van der Waals surface area contributed by atoms with Crippen LogP contribution in [0.2, 0.25) is 5.02 Å². The Labute approximate surface area is 128 Å². The summed E-state index contributed by atoms with van der Waals surface area (Å²) in [6.07, 6.45) is 4.62. The van der Waals surface area contributed by atoms with Gasteiger partial charge in [0.15, 0.2) is 0 Å². The van der Waals surface area contributed by atoms with Gasteiger partial charge in [-0.3, -0.25) is 4.79 Å². The number of carbonyl (C=O) groups excluding carboxylic acids is 1. The van der Waals surface area contributed by atoms with E-state index in [1.54, 1.807) is 17.0 Å². The van der Waals surface area contributed by atoms with Gasteiger partial charge in [-0.05, 0) is 25.3 Å². The molecular weight excluding hydrogens is 299 g/mol. The van der Waals surface area contributed by atoms with Crippen molar-refractivity contribution in [1.29, 1.82) is 0 Å². The minimum Gasteiger partial charge on any atom is -0.366 e. The molecule has 6 heteroatoms. The fraction of sp³-hybridized carbons (Fsp3) is 0.429. The van der Waals surface area contributed by atoms with Crippen LogP contribution in [-0.2, 0) is 9.63 Å². The highest BCUT2D eigenvalue weighted by atomic mass is 35.5. The molecule has 4 nitrogen and oxygen atoms in total. The van der Waals surface area contributed by atoms with Crippen molar-refractivity contribution in [2.24, 2.45) is 5.16 Å². The number of alkyl halides is 1. The molecule has 1 heterocycles. The van der Waals surface area contributed by atoms with Crippen LogP contribution in [0.4, 0.5) is 0 Å². The number of halogens is 2. The zero-order chi connectivity index (χ0) is 14.4. The van der Waals surface area contributed by atoms with E-state index in [0.29, 0.717) is 10.6 Å². The molecule has 1 atom stereocenters. The van der Waals surface area contributed by atoms with Crippen LogP contribution in [0.15, 0.2) is 29.4 Å². The molecule has 1 aliphatic rings. The smallest absolute Gasteiger partial charge is 0.282 e. The maximum absolute atomic E-state index is 12.0. The van der Waals surface area contributed by atoms with E-state index < -0.39 is 5.56 Å². The molecule has 0 aliphatic carbocycles. The SMILES string of the molecule is O=C(C(Cl)ON=Cc1ccccc1Cl)N1CCCCC1. The highest BCUT2D eigenvalue weighted by Crippen LogP contribution is 2.14. The van der Waals surface area contributed by atoms with Crippen LogP contribution in [0.3, 0.4) is 0 Å². The second-order valence-electron chi connectivity index (χ2n) is 4.56. The number of likely N-dealkylation sites (tertiary alicyclic amines) is 1. The molecule has 1 fully saturated rings. The third-order valence-corrected chi connectivity index (χ3v) is 3.72. The molecule has 0 saturated carbocycles. The molecule has 2 rings (SSSR count). The molecule has 1 saturated heterocycles. The summed E-state index contributed by atoms with van der Waals surface area (Å²) < 4.78 is 0. The van der Waals surface area contributed by atoms with Crippen molar-refractivity contribution in [3.8, 4) is 0 Å². The zero-order valence-corrected chi connectivity index (χ0v) is 12.5. The summed E-state index contributed by atoms with van der Waals surface area (Å²) in [6, 6.07) is 7.21. The van der Waals surface area contributed by atoms with Crippen molar-refractivity contribution in [2.75, 3.05) is 13.1 Å². The van der Waals surface area contributed by atoms with Gasteiger partial charge >= 0.3 is 0 Å². The third kappa shape index (κ3) is 4.12. The van der Waals surface area contributed by atoms with Gasteiger partial charge in [-0.25, -0.2) is 0 Å². The quantitative estimate of drug-likeness (QED) is 0.486. The van der Waals surface area contributed by atoms with Gasteiger partial charge < -0.3 is 9.74 Å². The van der Waals surface area contributed by atoms with Gasteiger partial charge in [0.25, 0.3) is 11.5 Å². The Balaban J connectivity index is 1.86. The monoisotopic (exact) mass is 314 g/mol. The maximum Gasteiger partial charge on any atom is 0.282 e. The van der Waals surface area contributed by atoms with E-state index in [-0.39, 0.29) is 5.91 Å². The summed E-state index contributed by atoms with van der Waals surface area (Å²) in [4.78, 5) is 18.7. The van der Waals surface area contributed by atoms with Gasteiger partial charge in [-0.2, -0.15) is 0 Å². The summed E-state index contributed by atoms with van der Waals surface area (Å²) in [5, 5.41) is 4.29. The van der Waals surface area contributed by atoms with Crippen molar-refractivity contribution in [2.45, 2.75) is 24.8 Å². The van der Waals surface area contributed by atoms with E-state index in [4.69, 9.17) is 28.0 Å². The van der Waals surface area contributed by atoms with E-state index in [9.17, 15) is 4.79 Å². The number of amides is 1. The van der Waals surface area contributed by atoms with Crippen molar-refractivity contribution in [3.05, 3.63) is 34.9 Å². The molecule has 108 valence electrons. The van der Waals surface area contributed by atoms with Gasteiger partial charge in [-0.15, -0.1) is 0 Å². The number of oxime groups is 1. The Morgan fingerprint density at radius 1 is 1.30 bits per heavy atom. The lowest BCUT2D eigenvalue weighted by molar-refractivity contribution is -0.139. The van der Waals surface area contributed by atoms with E-state index in [0.717, 1.165) is 32.4 Å². The molecule has 20 heavy (non-hydrogen) atoms. The van der Waals surface area contributed by atoms with Crippen molar-refractivity contribution < 1.29 is 9.63 Å². The van der Waals surface area contributed by atoms with E-state index in [2.05, 4.69) is 5.16 Å². The second-order valence-corrected chi connectivity index (χ2v) is 5.37. The van der Waals surface area contributed by atoms with Crippen LogP contribution < -0.4 is 0 Å². The van der Waals surface area contributed by atoms with Gasteiger partial charge in [0, 0.05) is 23.7 Å². The summed E-state index contributed by atoms with van der Waals surface area (Å²) >= 11 is 11.9. The minimum absolute atomic E-state index is 0.234. The average Bonchev–Trinajstić information content (AvgIpc) is 2.49. The maximum atomic E-state index is 12.0. The lowest BCUT2D eigenvalue weighted by Crippen LogP contribution is -2.40. The number of benzene rings is 1. The summed E-state index contributed by atoms with van der Waals surface area (Å²) in [5.41, 5.74) is -0.379. The molecule has 1 unspecified atom stereocenters. The lowest BCUT2D eigenvalue weighted by Gasteiger charge is -2.27. The van der Waals surface area contributed by atoms with E-state index >= 15 is 0 Å². The summed E-state index contributed by atoms with van der Waals surface area (Å²) in [7, 11) is 0. The Bertz CT molecular complexity index is 488. The highest BCUT2D eigenvalue weighted by Gasteiger charge is 2.25. The predicted octanol–water partition coefficient (Wildman–Crippen LogP) is 3.27. The third-order valence-electron chi connectivity index (χ3n) is 3.11. The van der Waals surface area contributed by atoms with Gasteiger partial charge in [0.1, 0.15) is 0 Å². The Morgan fingerprint density at radius 3 is 2.70 bits per heavy atom. The minimum atomic E-state index is -1.09. The van der Waals surface area contributed by atoms with E-state index in [1.807, 2.05) is 12.1 Å². The zero-order valence-electron chi connectivity index (χ0n) is 11.0. The first kappa shape index (κ1) is 15.1. The first-order valence-corrected chi connectivity index (χ1v) is 7.36. The van der Waals surface area contributed by atoms with E-state index in [1.165, 1.54) is 6.21 Å². The average molecular weight is 315 g/mol. The number of hydrogen-bond donors (Lipinski definition) is 0. The van der Waals surface area contributed by atoms with Crippen LogP contribution in [0.1, 0.15) is 24.8 Å². The molecule has 0 spiro atoms. The molecule has 1 aliphatic heterocycles. The highest BCUT2D eigenvalue weighted by molar-refractivity contribution is 6.33. The molecular formula is C14H16Cl2N2O2. The molecule has 1 aromatic rings. The summed E-state index contributed by atoms with van der Waals surface area (Å²) in [5.74, 6) is -0.234. The Hall–Kier alpha value is -1.26. The molecule has 0 bridgehead atoms. The summed E-state index contributed by atoms with van der Waals surface area (Å²) in [6.45, 7) is 1.47. The van der Waals surface area contributed by atoms with Crippen LogP contribution >= 0.6 is 23.2 Å². The number of piperidine rings is 1. The molecule has 0 radical (unpaired) electrons. The Morgan fingerprint density at radius 2 is 2.00 bits per heavy atom. The van der Waals surface area contributed by atoms with Crippen LogP contribution in [0.5, 0.6) is 0 Å². The largest absolute Gasteiger partial charge is 0.366 e. The van der Waals surface area contributed by atoms with Gasteiger partial charge in [0.2, 0.25) is 0 Å². The number of rotatable bonds is 4. The number of hydrogen-bond acceptors (Lipinski definition) is 3. The second kappa shape index (κ2) is 7.50. The first-order chi connectivity index (χ1) is 9.68. The van der Waals surface area contributed by atoms with Gasteiger partial charge in [0.05, 0.1) is 6.21 Å². The predicted molar refractivity (Wildman–Crippen MR) is 80.2 cm³/mol. The van der Waals surface area contributed by atoms with Crippen LogP contribution in [-0.4, -0.2) is 35.7 Å². The van der Waals surface area contributed by atoms with Gasteiger partial charge in [-0.1, -0.05) is 46.6 Å². The molecule has 1 aromatic carbocycles. The number of carbonyl (C=O) groups is 1. The lowest BCUT2D eigenvalue weighted by atomic mass is 10.1. The molecule has 0 aromatic heterocycles. The van der Waals surface area contributed by atoms with Crippen molar-refractivity contribution >= 4 is 35.3 Å². The topological polar surface area (TPSA) is 41.9 Å². The van der Waals surface area contributed by atoms with Crippen LogP contribution in [0, 0.1) is 0 Å². The normalized spacial score (nSPS) is 17.2. The molecule has 1 amide bonds. The standard InChI is InChI=1S/C14H16Cl2N2O2/c15-12-7-3-2-6-11(12)10-17-20-13(16)14(19)18-8-4-1-5-9-18/h2-3,6-7,10,13H,1,4-5,8-9H2. The first-order valence-electron chi connectivity index (χ1n) is 6.55. The number of nitrogens with zero attached hydrogens (tertiary/aromatic N) is 2.